The van der Waals surface area contributed by atoms with Crippen LogP contribution >= 0.6 is 0 Å². The average molecular weight is 499 g/mol. The number of nitrogens with one attached hydrogen (secondary N) is 1. The molecule has 3 fully saturated rings. The SMILES string of the molecule is CC(C)(C)c1ccc(C(=O)N2CCN(C(C(=O)NCCCN3CCOCC3)C3CCCC3)CC2)cc1. The Morgan fingerprint density at radius 2 is 1.61 bits per heavy atom. The van der Waals surface area contributed by atoms with E-state index in [0.717, 1.165) is 77.3 Å². The van der Waals surface area contributed by atoms with Crippen molar-refractivity contribution in [3.63, 3.8) is 0 Å². The predicted octanol–water partition coefficient (Wildman–Crippen LogP) is 3.14. The summed E-state index contributed by atoms with van der Waals surface area (Å²) in [6.45, 7) is 14.8. The summed E-state index contributed by atoms with van der Waals surface area (Å²) >= 11 is 0. The van der Waals surface area contributed by atoms with E-state index in [9.17, 15) is 9.59 Å². The fourth-order valence-corrected chi connectivity index (χ4v) is 5.89. The molecule has 0 radical (unpaired) electrons. The number of hydrogen-bond donors (Lipinski definition) is 1. The van der Waals surface area contributed by atoms with E-state index in [2.05, 4.69) is 48.0 Å². The minimum absolute atomic E-state index is 0.0702. The van der Waals surface area contributed by atoms with E-state index in [1.54, 1.807) is 0 Å². The molecule has 0 spiro atoms. The summed E-state index contributed by atoms with van der Waals surface area (Å²) in [6.07, 6.45) is 5.67. The number of carbonyl (C=O) groups excluding carboxylic acids is 2. The lowest BCUT2D eigenvalue weighted by Gasteiger charge is -2.40. The van der Waals surface area contributed by atoms with Gasteiger partial charge in [-0.05, 0) is 54.8 Å². The third-order valence-electron chi connectivity index (χ3n) is 8.16. The van der Waals surface area contributed by atoms with Crippen LogP contribution in [0.2, 0.25) is 0 Å². The summed E-state index contributed by atoms with van der Waals surface area (Å²) in [4.78, 5) is 33.2. The Labute approximate surface area is 217 Å². The zero-order valence-corrected chi connectivity index (χ0v) is 22.6. The lowest BCUT2D eigenvalue weighted by molar-refractivity contribution is -0.129. The fraction of sp³-hybridized carbons (Fsp3) is 0.724. The molecule has 3 aliphatic rings. The standard InChI is InChI=1S/C29H46N4O3/c1-29(2,3)25-11-9-24(10-12-25)28(35)33-17-15-32(16-18-33)26(23-7-4-5-8-23)27(34)30-13-6-14-31-19-21-36-22-20-31/h9-12,23,26H,4-8,13-22H2,1-3H3,(H,30,34). The number of morpholine rings is 1. The number of nitrogens with zero attached hydrogens (tertiary/aromatic N) is 3. The molecule has 1 aromatic carbocycles. The zero-order valence-electron chi connectivity index (χ0n) is 22.6. The van der Waals surface area contributed by atoms with Crippen LogP contribution in [0.25, 0.3) is 0 Å². The zero-order chi connectivity index (χ0) is 25.5. The predicted molar refractivity (Wildman–Crippen MR) is 143 cm³/mol. The molecule has 1 unspecified atom stereocenters. The van der Waals surface area contributed by atoms with E-state index in [-0.39, 0.29) is 23.3 Å². The Morgan fingerprint density at radius 3 is 2.22 bits per heavy atom. The van der Waals surface area contributed by atoms with Crippen molar-refractivity contribution in [1.29, 1.82) is 0 Å². The summed E-state index contributed by atoms with van der Waals surface area (Å²) in [5, 5.41) is 3.25. The van der Waals surface area contributed by atoms with Crippen molar-refractivity contribution in [2.75, 3.05) is 65.6 Å². The molecule has 2 aliphatic heterocycles. The number of piperazine rings is 1. The van der Waals surface area contributed by atoms with Crippen LogP contribution in [0, 0.1) is 5.92 Å². The molecule has 1 N–H and O–H groups in total. The van der Waals surface area contributed by atoms with Gasteiger partial charge in [0.15, 0.2) is 0 Å². The van der Waals surface area contributed by atoms with Crippen LogP contribution in [0.4, 0.5) is 0 Å². The van der Waals surface area contributed by atoms with Gasteiger partial charge in [0, 0.05) is 51.4 Å². The van der Waals surface area contributed by atoms with Crippen LogP contribution in [0.1, 0.15) is 68.8 Å². The summed E-state index contributed by atoms with van der Waals surface area (Å²) in [5.74, 6) is 0.706. The lowest BCUT2D eigenvalue weighted by Crippen LogP contribution is -2.58. The highest BCUT2D eigenvalue weighted by molar-refractivity contribution is 5.94. The summed E-state index contributed by atoms with van der Waals surface area (Å²) in [7, 11) is 0. The number of amides is 2. The van der Waals surface area contributed by atoms with Gasteiger partial charge in [0.05, 0.1) is 19.3 Å². The minimum Gasteiger partial charge on any atom is -0.379 e. The van der Waals surface area contributed by atoms with E-state index in [4.69, 9.17) is 4.74 Å². The van der Waals surface area contributed by atoms with Crippen LogP contribution in [0.5, 0.6) is 0 Å². The molecular formula is C29H46N4O3. The normalized spacial score (nSPS) is 21.5. The highest BCUT2D eigenvalue weighted by Crippen LogP contribution is 2.31. The average Bonchev–Trinajstić information content (AvgIpc) is 3.41. The second kappa shape index (κ2) is 12.5. The van der Waals surface area contributed by atoms with Gasteiger partial charge in [-0.2, -0.15) is 0 Å². The second-order valence-corrected chi connectivity index (χ2v) is 11.7. The Hall–Kier alpha value is -1.96. The third kappa shape index (κ3) is 7.08. The molecule has 7 heteroatoms. The van der Waals surface area contributed by atoms with Crippen molar-refractivity contribution in [3.8, 4) is 0 Å². The lowest BCUT2D eigenvalue weighted by atomic mass is 9.86. The Kier molecular flexibility index (Phi) is 9.42. The molecule has 2 saturated heterocycles. The van der Waals surface area contributed by atoms with Gasteiger partial charge in [0.25, 0.3) is 5.91 Å². The fourth-order valence-electron chi connectivity index (χ4n) is 5.89. The number of rotatable bonds is 8. The third-order valence-corrected chi connectivity index (χ3v) is 8.16. The maximum atomic E-state index is 13.4. The molecule has 1 atom stereocenters. The molecular weight excluding hydrogens is 452 g/mol. The summed E-state index contributed by atoms with van der Waals surface area (Å²) in [5.41, 5.74) is 2.06. The molecule has 0 aromatic heterocycles. The van der Waals surface area contributed by atoms with Crippen LogP contribution in [0.3, 0.4) is 0 Å². The topological polar surface area (TPSA) is 65.1 Å². The van der Waals surface area contributed by atoms with Gasteiger partial charge in [0.2, 0.25) is 5.91 Å². The minimum atomic E-state index is -0.0702. The van der Waals surface area contributed by atoms with Crippen LogP contribution in [-0.2, 0) is 14.9 Å². The van der Waals surface area contributed by atoms with Crippen molar-refractivity contribution in [3.05, 3.63) is 35.4 Å². The van der Waals surface area contributed by atoms with Gasteiger partial charge in [0.1, 0.15) is 0 Å². The molecule has 7 nitrogen and oxygen atoms in total. The van der Waals surface area contributed by atoms with Gasteiger partial charge in [-0.25, -0.2) is 0 Å². The van der Waals surface area contributed by atoms with E-state index in [0.29, 0.717) is 19.0 Å². The molecule has 4 rings (SSSR count). The number of ether oxygens (including phenoxy) is 1. The Balaban J connectivity index is 1.29. The Morgan fingerprint density at radius 1 is 0.972 bits per heavy atom. The van der Waals surface area contributed by atoms with Gasteiger partial charge >= 0.3 is 0 Å². The molecule has 200 valence electrons. The number of carbonyl (C=O) groups is 2. The number of hydrogen-bond acceptors (Lipinski definition) is 5. The smallest absolute Gasteiger partial charge is 0.253 e. The molecule has 2 heterocycles. The van der Waals surface area contributed by atoms with Gasteiger partial charge in [-0.3, -0.25) is 19.4 Å². The molecule has 1 aromatic rings. The van der Waals surface area contributed by atoms with Crippen molar-refractivity contribution in [2.24, 2.45) is 5.92 Å². The van der Waals surface area contributed by atoms with E-state index in [1.165, 1.54) is 18.4 Å². The molecule has 1 saturated carbocycles. The van der Waals surface area contributed by atoms with Crippen LogP contribution < -0.4 is 5.32 Å². The first kappa shape index (κ1) is 27.1. The van der Waals surface area contributed by atoms with Gasteiger partial charge < -0.3 is 15.0 Å². The quantitative estimate of drug-likeness (QED) is 0.558. The van der Waals surface area contributed by atoms with Gasteiger partial charge in [-0.15, -0.1) is 0 Å². The first-order chi connectivity index (χ1) is 17.3. The first-order valence-electron chi connectivity index (χ1n) is 14.0. The Bertz CT molecular complexity index is 846. The highest BCUT2D eigenvalue weighted by Gasteiger charge is 2.37. The largest absolute Gasteiger partial charge is 0.379 e. The van der Waals surface area contributed by atoms with Crippen molar-refractivity contribution >= 4 is 11.8 Å². The molecule has 36 heavy (non-hydrogen) atoms. The van der Waals surface area contributed by atoms with Crippen LogP contribution in [-0.4, -0.2) is 98.1 Å². The maximum Gasteiger partial charge on any atom is 0.253 e. The molecule has 0 bridgehead atoms. The van der Waals surface area contributed by atoms with Crippen molar-refractivity contribution in [1.82, 2.24) is 20.0 Å². The van der Waals surface area contributed by atoms with Gasteiger partial charge in [-0.1, -0.05) is 45.7 Å². The molecule has 1 aliphatic carbocycles. The highest BCUT2D eigenvalue weighted by atomic mass is 16.5. The van der Waals surface area contributed by atoms with E-state index < -0.39 is 0 Å². The van der Waals surface area contributed by atoms with E-state index in [1.807, 2.05) is 17.0 Å². The molecule has 2 amide bonds. The van der Waals surface area contributed by atoms with Crippen molar-refractivity contribution in [2.45, 2.75) is 64.3 Å². The second-order valence-electron chi connectivity index (χ2n) is 11.7. The van der Waals surface area contributed by atoms with Crippen LogP contribution in [0.15, 0.2) is 24.3 Å². The first-order valence-corrected chi connectivity index (χ1v) is 14.0. The van der Waals surface area contributed by atoms with E-state index >= 15 is 0 Å². The summed E-state index contributed by atoms with van der Waals surface area (Å²) < 4.78 is 5.42. The monoisotopic (exact) mass is 498 g/mol. The maximum absolute atomic E-state index is 13.4. The number of benzene rings is 1. The van der Waals surface area contributed by atoms with Crippen molar-refractivity contribution < 1.29 is 14.3 Å². The summed E-state index contributed by atoms with van der Waals surface area (Å²) in [6, 6.07) is 7.99.